The number of hydrogen-bond donors (Lipinski definition) is 2. The summed E-state index contributed by atoms with van der Waals surface area (Å²) in [7, 11) is 1.83. The summed E-state index contributed by atoms with van der Waals surface area (Å²) < 4.78 is 3.37. The minimum atomic E-state index is -0.567. The second-order valence-electron chi connectivity index (χ2n) is 6.61. The van der Waals surface area contributed by atoms with Crippen LogP contribution in [0.15, 0.2) is 59.4 Å². The first kappa shape index (κ1) is 18.5. The average molecular weight is 364 g/mol. The van der Waals surface area contributed by atoms with Crippen molar-refractivity contribution in [3.63, 3.8) is 0 Å². The Morgan fingerprint density at radius 1 is 1.00 bits per heavy atom. The molecule has 2 N–H and O–H groups in total. The topological polar surface area (TPSA) is 68.1 Å². The molecule has 0 fully saturated rings. The number of hydrogen-bond acceptors (Lipinski definition) is 3. The van der Waals surface area contributed by atoms with Crippen molar-refractivity contribution in [2.75, 3.05) is 10.6 Å². The van der Waals surface area contributed by atoms with Crippen molar-refractivity contribution in [1.82, 2.24) is 9.36 Å². The molecule has 1 atom stereocenters. The van der Waals surface area contributed by atoms with Crippen LogP contribution < -0.4 is 16.2 Å². The first-order valence-electron chi connectivity index (χ1n) is 8.87. The Bertz CT molecular complexity index is 1020. The number of nitrogens with zero attached hydrogens (tertiary/aromatic N) is 2. The van der Waals surface area contributed by atoms with Crippen molar-refractivity contribution < 1.29 is 4.79 Å². The van der Waals surface area contributed by atoms with Crippen LogP contribution in [0, 0.1) is 13.8 Å². The second kappa shape index (κ2) is 7.53. The van der Waals surface area contributed by atoms with E-state index in [-0.39, 0.29) is 11.5 Å². The summed E-state index contributed by atoms with van der Waals surface area (Å²) in [5.74, 6) is -0.196. The van der Waals surface area contributed by atoms with Crippen molar-refractivity contribution in [2.24, 2.45) is 7.05 Å². The number of anilines is 2. The summed E-state index contributed by atoms with van der Waals surface area (Å²) >= 11 is 0. The number of nitrogens with one attached hydrogen (secondary N) is 2. The number of aromatic nitrogens is 2. The first-order valence-corrected chi connectivity index (χ1v) is 8.87. The standard InChI is InChI=1S/C21H24N4O2/c1-14-10-8-9-13-18(14)23-20(26)15(2)22-19-16(3)24(4)25(21(19)27)17-11-6-5-7-12-17/h5-13,15,22H,1-4H3,(H,23,26). The predicted molar refractivity (Wildman–Crippen MR) is 109 cm³/mol. The lowest BCUT2D eigenvalue weighted by Gasteiger charge is -2.15. The monoisotopic (exact) mass is 364 g/mol. The molecule has 0 saturated carbocycles. The van der Waals surface area contributed by atoms with Crippen LogP contribution in [0.4, 0.5) is 11.4 Å². The van der Waals surface area contributed by atoms with Crippen LogP contribution >= 0.6 is 0 Å². The van der Waals surface area contributed by atoms with E-state index in [1.807, 2.05) is 75.5 Å². The van der Waals surface area contributed by atoms with E-state index in [4.69, 9.17) is 0 Å². The quantitative estimate of drug-likeness (QED) is 0.730. The molecular formula is C21H24N4O2. The highest BCUT2D eigenvalue weighted by Gasteiger charge is 2.21. The minimum Gasteiger partial charge on any atom is -0.368 e. The Morgan fingerprint density at radius 2 is 1.63 bits per heavy atom. The predicted octanol–water partition coefficient (Wildman–Crippen LogP) is 3.23. The molecule has 0 spiro atoms. The smallest absolute Gasteiger partial charge is 0.295 e. The van der Waals surface area contributed by atoms with Gasteiger partial charge >= 0.3 is 0 Å². The molecule has 0 bridgehead atoms. The summed E-state index contributed by atoms with van der Waals surface area (Å²) in [6.07, 6.45) is 0. The molecule has 140 valence electrons. The molecule has 6 heteroatoms. The maximum absolute atomic E-state index is 12.9. The third-order valence-electron chi connectivity index (χ3n) is 4.71. The van der Waals surface area contributed by atoms with Gasteiger partial charge in [0.25, 0.3) is 5.56 Å². The van der Waals surface area contributed by atoms with Gasteiger partial charge in [-0.3, -0.25) is 14.3 Å². The van der Waals surface area contributed by atoms with Crippen LogP contribution in [0.5, 0.6) is 0 Å². The third kappa shape index (κ3) is 3.65. The van der Waals surface area contributed by atoms with Crippen LogP contribution in [0.25, 0.3) is 5.69 Å². The van der Waals surface area contributed by atoms with Crippen molar-refractivity contribution in [3.8, 4) is 5.69 Å². The van der Waals surface area contributed by atoms with Gasteiger partial charge in [0.05, 0.1) is 11.4 Å². The van der Waals surface area contributed by atoms with Crippen molar-refractivity contribution in [2.45, 2.75) is 26.8 Å². The average Bonchev–Trinajstić information content (AvgIpc) is 2.87. The van der Waals surface area contributed by atoms with E-state index in [1.165, 1.54) is 0 Å². The van der Waals surface area contributed by atoms with Crippen LogP contribution in [0.2, 0.25) is 0 Å². The van der Waals surface area contributed by atoms with Crippen LogP contribution in [0.3, 0.4) is 0 Å². The lowest BCUT2D eigenvalue weighted by Crippen LogP contribution is -2.34. The Balaban J connectivity index is 1.84. The summed E-state index contributed by atoms with van der Waals surface area (Å²) in [4.78, 5) is 25.5. The molecule has 0 aliphatic carbocycles. The van der Waals surface area contributed by atoms with Crippen LogP contribution in [-0.2, 0) is 11.8 Å². The lowest BCUT2D eigenvalue weighted by molar-refractivity contribution is -0.116. The van der Waals surface area contributed by atoms with Gasteiger partial charge in [0.2, 0.25) is 5.91 Å². The van der Waals surface area contributed by atoms with Crippen molar-refractivity contribution in [3.05, 3.63) is 76.2 Å². The number of rotatable bonds is 5. The van der Waals surface area contributed by atoms with Gasteiger partial charge in [-0.25, -0.2) is 4.68 Å². The zero-order chi connectivity index (χ0) is 19.6. The third-order valence-corrected chi connectivity index (χ3v) is 4.71. The fourth-order valence-electron chi connectivity index (χ4n) is 2.97. The Kier molecular flexibility index (Phi) is 5.16. The van der Waals surface area contributed by atoms with Gasteiger partial charge in [0, 0.05) is 12.7 Å². The molecule has 1 amide bonds. The molecular weight excluding hydrogens is 340 g/mol. The number of amides is 1. The molecule has 0 aliphatic rings. The highest BCUT2D eigenvalue weighted by Crippen LogP contribution is 2.17. The summed E-state index contributed by atoms with van der Waals surface area (Å²) in [6, 6.07) is 16.4. The highest BCUT2D eigenvalue weighted by atomic mass is 16.2. The van der Waals surface area contributed by atoms with E-state index in [1.54, 1.807) is 16.3 Å². The molecule has 0 aliphatic heterocycles. The van der Waals surface area contributed by atoms with Crippen molar-refractivity contribution >= 4 is 17.3 Å². The van der Waals surface area contributed by atoms with E-state index in [9.17, 15) is 9.59 Å². The molecule has 3 rings (SSSR count). The summed E-state index contributed by atoms with van der Waals surface area (Å²) in [5.41, 5.74) is 3.53. The van der Waals surface area contributed by atoms with Crippen LogP contribution in [-0.4, -0.2) is 21.3 Å². The highest BCUT2D eigenvalue weighted by molar-refractivity contribution is 5.96. The molecule has 2 aromatic carbocycles. The van der Waals surface area contributed by atoms with E-state index in [0.717, 1.165) is 22.6 Å². The van der Waals surface area contributed by atoms with Gasteiger partial charge in [-0.15, -0.1) is 0 Å². The van der Waals surface area contributed by atoms with E-state index in [0.29, 0.717) is 5.69 Å². The fraction of sp³-hybridized carbons (Fsp3) is 0.238. The molecule has 1 aromatic heterocycles. The van der Waals surface area contributed by atoms with Gasteiger partial charge in [-0.2, -0.15) is 0 Å². The number of aryl methyl sites for hydroxylation is 1. The molecule has 1 heterocycles. The number of benzene rings is 2. The van der Waals surface area contributed by atoms with E-state index in [2.05, 4.69) is 10.6 Å². The van der Waals surface area contributed by atoms with E-state index < -0.39 is 6.04 Å². The fourth-order valence-corrected chi connectivity index (χ4v) is 2.97. The molecule has 0 saturated heterocycles. The summed E-state index contributed by atoms with van der Waals surface area (Å²) in [5, 5.41) is 5.99. The Labute approximate surface area is 158 Å². The Morgan fingerprint density at radius 3 is 2.30 bits per heavy atom. The maximum Gasteiger partial charge on any atom is 0.295 e. The molecule has 0 radical (unpaired) electrons. The summed E-state index contributed by atoms with van der Waals surface area (Å²) in [6.45, 7) is 5.54. The van der Waals surface area contributed by atoms with Gasteiger partial charge in [0.1, 0.15) is 11.7 Å². The number of carbonyl (C=O) groups is 1. The van der Waals surface area contributed by atoms with Gasteiger partial charge in [-0.1, -0.05) is 36.4 Å². The van der Waals surface area contributed by atoms with Crippen LogP contribution in [0.1, 0.15) is 18.2 Å². The molecule has 1 unspecified atom stereocenters. The zero-order valence-electron chi connectivity index (χ0n) is 16.0. The largest absolute Gasteiger partial charge is 0.368 e. The number of para-hydroxylation sites is 2. The SMILES string of the molecule is Cc1ccccc1NC(=O)C(C)Nc1c(C)n(C)n(-c2ccccc2)c1=O. The lowest BCUT2D eigenvalue weighted by atomic mass is 10.2. The van der Waals surface area contributed by atoms with Gasteiger partial charge < -0.3 is 10.6 Å². The molecule has 6 nitrogen and oxygen atoms in total. The van der Waals surface area contributed by atoms with Gasteiger partial charge in [0.15, 0.2) is 0 Å². The molecule has 27 heavy (non-hydrogen) atoms. The maximum atomic E-state index is 12.9. The second-order valence-corrected chi connectivity index (χ2v) is 6.61. The first-order chi connectivity index (χ1) is 12.9. The molecule has 3 aromatic rings. The Hall–Kier alpha value is -3.28. The normalized spacial score (nSPS) is 11.9. The van der Waals surface area contributed by atoms with Gasteiger partial charge in [-0.05, 0) is 44.5 Å². The minimum absolute atomic E-state index is 0.184. The van der Waals surface area contributed by atoms with E-state index >= 15 is 0 Å². The zero-order valence-corrected chi connectivity index (χ0v) is 16.0. The number of carbonyl (C=O) groups excluding carboxylic acids is 1. The van der Waals surface area contributed by atoms with Crippen molar-refractivity contribution in [1.29, 1.82) is 0 Å².